The van der Waals surface area contributed by atoms with E-state index in [0.717, 1.165) is 0 Å². The zero-order valence-electron chi connectivity index (χ0n) is 6.08. The average Bonchev–Trinajstić information content (AvgIpc) is 1.31. The maximum absolute atomic E-state index is 7.39. The first-order valence-corrected chi connectivity index (χ1v) is 2.69. The molecule has 48 valence electrons. The van der Waals surface area contributed by atoms with Gasteiger partial charge in [0.2, 0.25) is 0 Å². The van der Waals surface area contributed by atoms with E-state index in [-0.39, 0.29) is 31.4 Å². The minimum absolute atomic E-state index is 0. The van der Waals surface area contributed by atoms with Crippen molar-refractivity contribution in [2.45, 2.75) is 33.2 Å². The smallest absolute Gasteiger partial charge is 0 e. The molecule has 0 heterocycles. The van der Waals surface area contributed by atoms with Gasteiger partial charge in [-0.2, -0.15) is 0 Å². The van der Waals surface area contributed by atoms with Crippen LogP contribution < -0.4 is 0 Å². The van der Waals surface area contributed by atoms with E-state index < -0.39 is 0 Å². The average molecular weight is 279 g/mol. The van der Waals surface area contributed by atoms with E-state index >= 15 is 0 Å². The van der Waals surface area contributed by atoms with Crippen molar-refractivity contribution in [3.8, 4) is 0 Å². The van der Waals surface area contributed by atoms with Crippen LogP contribution in [0.5, 0.6) is 0 Å². The van der Waals surface area contributed by atoms with Gasteiger partial charge in [0.15, 0.2) is 0 Å². The summed E-state index contributed by atoms with van der Waals surface area (Å²) in [6.07, 6.45) is 0. The molecule has 0 bridgehead atoms. The van der Waals surface area contributed by atoms with Crippen molar-refractivity contribution in [2.75, 3.05) is 0 Å². The van der Waals surface area contributed by atoms with Crippen molar-refractivity contribution >= 4 is 0 Å². The van der Waals surface area contributed by atoms with Gasteiger partial charge in [-0.05, 0) is 0 Å². The minimum atomic E-state index is -0.250. The van der Waals surface area contributed by atoms with Crippen molar-refractivity contribution in [2.24, 2.45) is 5.92 Å². The van der Waals surface area contributed by atoms with Gasteiger partial charge in [-0.1, -0.05) is 33.6 Å². The SMILES string of the molecule is CC(C)C(C)(C)[NH-].[Hf]. The Hall–Kier alpha value is 0.830. The Bertz CT molecular complexity index is 54.0. The van der Waals surface area contributed by atoms with Gasteiger partial charge in [0, 0.05) is 25.8 Å². The fourth-order valence-electron chi connectivity index (χ4n) is 0. The van der Waals surface area contributed by atoms with Crippen LogP contribution in [0.2, 0.25) is 0 Å². The van der Waals surface area contributed by atoms with Crippen LogP contribution in [-0.4, -0.2) is 5.54 Å². The normalized spacial score (nSPS) is 11.2. The van der Waals surface area contributed by atoms with Crippen LogP contribution in [0.4, 0.5) is 0 Å². The molecule has 0 aliphatic carbocycles. The fourth-order valence-corrected chi connectivity index (χ4v) is 0. The molecule has 1 nitrogen and oxygen atoms in total. The van der Waals surface area contributed by atoms with Gasteiger partial charge >= 0.3 is 0 Å². The zero-order valence-corrected chi connectivity index (χ0v) is 9.67. The third-order valence-electron chi connectivity index (χ3n) is 1.44. The largest absolute Gasteiger partial charge is 0.672 e. The molecular formula is C6H14HfN-. The molecule has 0 aromatic heterocycles. The Kier molecular flexibility index (Phi) is 5.48. The van der Waals surface area contributed by atoms with Crippen molar-refractivity contribution < 1.29 is 25.8 Å². The molecule has 0 unspecified atom stereocenters. The third kappa shape index (κ3) is 4.98. The van der Waals surface area contributed by atoms with Crippen LogP contribution in [0.15, 0.2) is 0 Å². The van der Waals surface area contributed by atoms with E-state index in [1.54, 1.807) is 0 Å². The molecule has 0 spiro atoms. The van der Waals surface area contributed by atoms with E-state index in [9.17, 15) is 0 Å². The van der Waals surface area contributed by atoms with Crippen LogP contribution in [0.25, 0.3) is 5.73 Å². The summed E-state index contributed by atoms with van der Waals surface area (Å²) in [5, 5.41) is 0. The first kappa shape index (κ1) is 11.6. The van der Waals surface area contributed by atoms with Gasteiger partial charge in [0.05, 0.1) is 0 Å². The molecule has 0 rings (SSSR count). The summed E-state index contributed by atoms with van der Waals surface area (Å²) in [6, 6.07) is 0. The van der Waals surface area contributed by atoms with Gasteiger partial charge < -0.3 is 5.73 Å². The predicted molar refractivity (Wildman–Crippen MR) is 33.2 cm³/mol. The number of rotatable bonds is 1. The minimum Gasteiger partial charge on any atom is -0.672 e. The van der Waals surface area contributed by atoms with Gasteiger partial charge in [-0.3, -0.25) is 0 Å². The monoisotopic (exact) mass is 280 g/mol. The topological polar surface area (TPSA) is 23.8 Å². The Balaban J connectivity index is 0. The van der Waals surface area contributed by atoms with Crippen molar-refractivity contribution in [3.05, 3.63) is 5.73 Å². The Morgan fingerprint density at radius 3 is 1.38 bits per heavy atom. The molecule has 0 saturated carbocycles. The van der Waals surface area contributed by atoms with E-state index in [1.807, 2.05) is 13.8 Å². The summed E-state index contributed by atoms with van der Waals surface area (Å²) in [7, 11) is 0. The molecule has 1 N–H and O–H groups in total. The van der Waals surface area contributed by atoms with Gasteiger partial charge in [-0.15, -0.1) is 5.54 Å². The van der Waals surface area contributed by atoms with Crippen LogP contribution in [0.3, 0.4) is 0 Å². The summed E-state index contributed by atoms with van der Waals surface area (Å²) < 4.78 is 0. The Morgan fingerprint density at radius 2 is 1.38 bits per heavy atom. The van der Waals surface area contributed by atoms with E-state index in [1.165, 1.54) is 0 Å². The van der Waals surface area contributed by atoms with Gasteiger partial charge in [-0.25, -0.2) is 0 Å². The number of nitrogens with one attached hydrogen (secondary N) is 1. The molecule has 0 aliphatic rings. The summed E-state index contributed by atoms with van der Waals surface area (Å²) >= 11 is 0. The number of hydrogen-bond donors (Lipinski definition) is 0. The van der Waals surface area contributed by atoms with E-state index in [4.69, 9.17) is 5.73 Å². The fraction of sp³-hybridized carbons (Fsp3) is 1.00. The standard InChI is InChI=1S/C6H14N.Hf/c1-5(2)6(3,4)7;/h5,7H,1-4H3;/q-1;. The molecule has 0 aromatic rings. The van der Waals surface area contributed by atoms with Crippen LogP contribution in [-0.2, 0) is 25.8 Å². The predicted octanol–water partition coefficient (Wildman–Crippen LogP) is 2.47. The summed E-state index contributed by atoms with van der Waals surface area (Å²) in [5.74, 6) is 0.465. The summed E-state index contributed by atoms with van der Waals surface area (Å²) in [6.45, 7) is 7.98. The van der Waals surface area contributed by atoms with Crippen molar-refractivity contribution in [1.29, 1.82) is 0 Å². The molecule has 2 heteroatoms. The van der Waals surface area contributed by atoms with Crippen molar-refractivity contribution in [3.63, 3.8) is 0 Å². The van der Waals surface area contributed by atoms with Crippen molar-refractivity contribution in [1.82, 2.24) is 0 Å². The molecule has 0 saturated heterocycles. The summed E-state index contributed by atoms with van der Waals surface area (Å²) in [4.78, 5) is 0. The third-order valence-corrected chi connectivity index (χ3v) is 1.44. The Labute approximate surface area is 70.8 Å². The molecule has 0 aliphatic heterocycles. The molecule has 0 aromatic carbocycles. The maximum atomic E-state index is 7.39. The van der Waals surface area contributed by atoms with E-state index in [2.05, 4.69) is 13.8 Å². The molecule has 0 radical (unpaired) electrons. The quantitative estimate of drug-likeness (QED) is 0.658. The van der Waals surface area contributed by atoms with Crippen LogP contribution in [0.1, 0.15) is 27.7 Å². The second kappa shape index (κ2) is 3.78. The second-order valence-corrected chi connectivity index (χ2v) is 2.88. The molecule has 0 amide bonds. The number of hydrogen-bond acceptors (Lipinski definition) is 0. The molecule has 0 atom stereocenters. The van der Waals surface area contributed by atoms with Crippen LogP contribution in [0, 0.1) is 5.92 Å². The van der Waals surface area contributed by atoms with E-state index in [0.29, 0.717) is 5.92 Å². The maximum Gasteiger partial charge on any atom is 0 e. The first-order valence-electron chi connectivity index (χ1n) is 2.69. The molecule has 8 heavy (non-hydrogen) atoms. The van der Waals surface area contributed by atoms with Gasteiger partial charge in [0.1, 0.15) is 0 Å². The zero-order chi connectivity index (χ0) is 6.08. The molecular weight excluding hydrogens is 265 g/mol. The van der Waals surface area contributed by atoms with Gasteiger partial charge in [0.25, 0.3) is 0 Å². The summed E-state index contributed by atoms with van der Waals surface area (Å²) in [5.41, 5.74) is 7.14. The van der Waals surface area contributed by atoms with Crippen LogP contribution >= 0.6 is 0 Å². The first-order chi connectivity index (χ1) is 2.94. The molecule has 0 fully saturated rings. The Morgan fingerprint density at radius 1 is 1.25 bits per heavy atom. The second-order valence-electron chi connectivity index (χ2n) is 2.88.